The van der Waals surface area contributed by atoms with Crippen LogP contribution >= 0.6 is 0 Å². The van der Waals surface area contributed by atoms with Crippen LogP contribution in [0.15, 0.2) is 42.5 Å². The summed E-state index contributed by atoms with van der Waals surface area (Å²) in [6.45, 7) is 0.574. The molecule has 0 aromatic heterocycles. The molecule has 0 spiro atoms. The average molecular weight is 407 g/mol. The molecule has 2 aliphatic rings. The van der Waals surface area contributed by atoms with E-state index in [0.29, 0.717) is 29.8 Å². The second-order valence-corrected chi connectivity index (χ2v) is 7.31. The molecule has 8 heteroatoms. The number of rotatable bonds is 5. The van der Waals surface area contributed by atoms with Crippen LogP contribution in [0.5, 0.6) is 5.75 Å². The molecule has 1 atom stereocenters. The predicted octanol–water partition coefficient (Wildman–Crippen LogP) is 1.45. The van der Waals surface area contributed by atoms with Gasteiger partial charge in [-0.2, -0.15) is 0 Å². The van der Waals surface area contributed by atoms with Crippen molar-refractivity contribution in [2.24, 2.45) is 0 Å². The highest BCUT2D eigenvalue weighted by molar-refractivity contribution is 6.23. The number of benzene rings is 2. The lowest BCUT2D eigenvalue weighted by atomic mass is 10.0. The third-order valence-corrected chi connectivity index (χ3v) is 5.43. The maximum Gasteiger partial charge on any atom is 0.262 e. The lowest BCUT2D eigenvalue weighted by Gasteiger charge is -2.20. The Morgan fingerprint density at radius 3 is 2.63 bits per heavy atom. The zero-order valence-corrected chi connectivity index (χ0v) is 16.7. The quantitative estimate of drug-likeness (QED) is 0.757. The van der Waals surface area contributed by atoms with Crippen molar-refractivity contribution in [3.63, 3.8) is 0 Å². The third-order valence-electron chi connectivity index (χ3n) is 5.43. The lowest BCUT2D eigenvalue weighted by Crippen LogP contribution is -2.44. The summed E-state index contributed by atoms with van der Waals surface area (Å²) in [5.74, 6) is -0.955. The summed E-state index contributed by atoms with van der Waals surface area (Å²) in [6.07, 6.45) is 0.397. The molecule has 0 bridgehead atoms. The lowest BCUT2D eigenvalue weighted by molar-refractivity contribution is -0.122. The summed E-state index contributed by atoms with van der Waals surface area (Å²) in [7, 11) is 3.16. The largest absolute Gasteiger partial charge is 0.497 e. The average Bonchev–Trinajstić information content (AvgIpc) is 3.28. The van der Waals surface area contributed by atoms with E-state index in [1.807, 2.05) is 0 Å². The third kappa shape index (κ3) is 3.20. The summed E-state index contributed by atoms with van der Waals surface area (Å²) in [4.78, 5) is 53.3. The molecular formula is C22H21N3O5. The monoisotopic (exact) mass is 407 g/mol. The number of hydrogen-bond acceptors (Lipinski definition) is 5. The van der Waals surface area contributed by atoms with E-state index in [4.69, 9.17) is 4.74 Å². The summed E-state index contributed by atoms with van der Waals surface area (Å²) in [5.41, 5.74) is 1.54. The first-order chi connectivity index (χ1) is 14.4. The van der Waals surface area contributed by atoms with Gasteiger partial charge in [0.2, 0.25) is 5.91 Å². The van der Waals surface area contributed by atoms with E-state index in [0.717, 1.165) is 4.90 Å². The Morgan fingerprint density at radius 1 is 1.17 bits per heavy atom. The molecule has 2 aliphatic heterocycles. The normalized spacial score (nSPS) is 17.7. The Morgan fingerprint density at radius 2 is 1.93 bits per heavy atom. The highest BCUT2D eigenvalue weighted by atomic mass is 16.5. The molecule has 2 aromatic carbocycles. The van der Waals surface area contributed by atoms with Crippen molar-refractivity contribution < 1.29 is 23.9 Å². The molecule has 1 unspecified atom stereocenters. The van der Waals surface area contributed by atoms with Crippen LogP contribution < -0.4 is 10.1 Å². The topological polar surface area (TPSA) is 96.0 Å². The van der Waals surface area contributed by atoms with Crippen LogP contribution in [0.1, 0.15) is 43.1 Å². The van der Waals surface area contributed by atoms with Gasteiger partial charge in [0.25, 0.3) is 17.7 Å². The van der Waals surface area contributed by atoms with Gasteiger partial charge in [0.05, 0.1) is 18.2 Å². The number of carbonyl (C=O) groups excluding carboxylic acids is 4. The zero-order chi connectivity index (χ0) is 21.4. The van der Waals surface area contributed by atoms with E-state index < -0.39 is 17.9 Å². The number of hydrogen-bond donors (Lipinski definition) is 1. The standard InChI is InChI=1S/C22H21N3O5/c1-24(20(27)13-5-3-7-15(11-13)30-2)12-14-6-4-8-16-18(14)22(29)25(21(16)28)17-9-10-23-19(17)26/h3-8,11,17H,9-10,12H2,1-2H3,(H,23,26). The van der Waals surface area contributed by atoms with Crippen molar-refractivity contribution in [2.45, 2.75) is 19.0 Å². The first-order valence-corrected chi connectivity index (χ1v) is 9.59. The number of methoxy groups -OCH3 is 1. The van der Waals surface area contributed by atoms with Crippen LogP contribution in [0.2, 0.25) is 0 Å². The van der Waals surface area contributed by atoms with Gasteiger partial charge in [-0.05, 0) is 36.2 Å². The van der Waals surface area contributed by atoms with E-state index in [1.54, 1.807) is 49.5 Å². The highest BCUT2D eigenvalue weighted by Crippen LogP contribution is 2.30. The summed E-state index contributed by atoms with van der Waals surface area (Å²) in [5, 5.41) is 2.66. The van der Waals surface area contributed by atoms with Crippen LogP contribution in [-0.2, 0) is 11.3 Å². The van der Waals surface area contributed by atoms with Gasteiger partial charge < -0.3 is 15.0 Å². The Kier molecular flexibility index (Phi) is 4.99. The molecule has 1 N–H and O–H groups in total. The molecule has 1 saturated heterocycles. The fraction of sp³-hybridized carbons (Fsp3) is 0.273. The predicted molar refractivity (Wildman–Crippen MR) is 107 cm³/mol. The molecule has 1 fully saturated rings. The SMILES string of the molecule is COc1cccc(C(=O)N(C)Cc2cccc3c2C(=O)N(C2CCNC2=O)C3=O)c1. The fourth-order valence-electron chi connectivity index (χ4n) is 3.92. The molecular weight excluding hydrogens is 386 g/mol. The minimum Gasteiger partial charge on any atom is -0.497 e. The van der Waals surface area contributed by atoms with E-state index in [-0.39, 0.29) is 29.5 Å². The van der Waals surface area contributed by atoms with Gasteiger partial charge in [-0.25, -0.2) is 0 Å². The number of ether oxygens (including phenoxy) is 1. The van der Waals surface area contributed by atoms with Crippen LogP contribution in [0.25, 0.3) is 0 Å². The van der Waals surface area contributed by atoms with Gasteiger partial charge in [0, 0.05) is 25.7 Å². The fourth-order valence-corrected chi connectivity index (χ4v) is 3.92. The zero-order valence-electron chi connectivity index (χ0n) is 16.7. The number of nitrogens with one attached hydrogen (secondary N) is 1. The molecule has 4 amide bonds. The van der Waals surface area contributed by atoms with Gasteiger partial charge in [0.15, 0.2) is 0 Å². The molecule has 30 heavy (non-hydrogen) atoms. The van der Waals surface area contributed by atoms with Crippen LogP contribution in [0.4, 0.5) is 0 Å². The van der Waals surface area contributed by atoms with Gasteiger partial charge in [-0.3, -0.25) is 24.1 Å². The van der Waals surface area contributed by atoms with Gasteiger partial charge >= 0.3 is 0 Å². The van der Waals surface area contributed by atoms with Crippen LogP contribution in [0, 0.1) is 0 Å². The molecule has 2 aromatic rings. The van der Waals surface area contributed by atoms with Crippen molar-refractivity contribution >= 4 is 23.6 Å². The second kappa shape index (κ2) is 7.62. The maximum absolute atomic E-state index is 13.1. The number of nitrogens with zero attached hydrogens (tertiary/aromatic N) is 2. The molecule has 154 valence electrons. The van der Waals surface area contributed by atoms with E-state index >= 15 is 0 Å². The van der Waals surface area contributed by atoms with Crippen molar-refractivity contribution in [1.29, 1.82) is 0 Å². The Labute approximate surface area is 173 Å². The number of fused-ring (bicyclic) bond motifs is 1. The summed E-state index contributed by atoms with van der Waals surface area (Å²) in [6, 6.07) is 11.0. The van der Waals surface area contributed by atoms with Gasteiger partial charge in [-0.15, -0.1) is 0 Å². The van der Waals surface area contributed by atoms with Crippen molar-refractivity contribution in [3.05, 3.63) is 64.7 Å². The molecule has 4 rings (SSSR count). The minimum atomic E-state index is -0.790. The molecule has 0 radical (unpaired) electrons. The van der Waals surface area contributed by atoms with Crippen LogP contribution in [-0.4, -0.2) is 60.2 Å². The summed E-state index contributed by atoms with van der Waals surface area (Å²) >= 11 is 0. The Balaban J connectivity index is 1.60. The van der Waals surface area contributed by atoms with Crippen molar-refractivity contribution in [1.82, 2.24) is 15.1 Å². The van der Waals surface area contributed by atoms with Crippen molar-refractivity contribution in [3.8, 4) is 5.75 Å². The maximum atomic E-state index is 13.1. The van der Waals surface area contributed by atoms with E-state index in [9.17, 15) is 19.2 Å². The van der Waals surface area contributed by atoms with E-state index in [2.05, 4.69) is 5.32 Å². The number of carbonyl (C=O) groups is 4. The minimum absolute atomic E-state index is 0.142. The highest BCUT2D eigenvalue weighted by Gasteiger charge is 2.45. The second-order valence-electron chi connectivity index (χ2n) is 7.31. The number of amides is 4. The Bertz CT molecular complexity index is 1060. The number of imide groups is 1. The molecule has 0 aliphatic carbocycles. The van der Waals surface area contributed by atoms with Gasteiger partial charge in [-0.1, -0.05) is 18.2 Å². The van der Waals surface area contributed by atoms with Crippen LogP contribution in [0.3, 0.4) is 0 Å². The smallest absolute Gasteiger partial charge is 0.262 e. The molecule has 0 saturated carbocycles. The molecule has 8 nitrogen and oxygen atoms in total. The first kappa shape index (κ1) is 19.6. The Hall–Kier alpha value is -3.68. The van der Waals surface area contributed by atoms with Gasteiger partial charge in [0.1, 0.15) is 11.8 Å². The summed E-state index contributed by atoms with van der Waals surface area (Å²) < 4.78 is 5.17. The van der Waals surface area contributed by atoms with Crippen molar-refractivity contribution in [2.75, 3.05) is 20.7 Å². The molecule has 2 heterocycles. The first-order valence-electron chi connectivity index (χ1n) is 9.59. The van der Waals surface area contributed by atoms with E-state index in [1.165, 1.54) is 12.0 Å².